The minimum atomic E-state index is -4.59. The van der Waals surface area contributed by atoms with Crippen LogP contribution in [0.15, 0.2) is 18.2 Å². The summed E-state index contributed by atoms with van der Waals surface area (Å²) in [6.07, 6.45) is -0.530. The monoisotopic (exact) mass is 397 g/mol. The van der Waals surface area contributed by atoms with Crippen molar-refractivity contribution in [3.8, 4) is 0 Å². The lowest BCUT2D eigenvalue weighted by Crippen LogP contribution is -2.44. The van der Waals surface area contributed by atoms with Gasteiger partial charge in [0.05, 0.1) is 5.56 Å². The molecular formula is C18H18F3N3O4. The van der Waals surface area contributed by atoms with E-state index in [0.29, 0.717) is 0 Å². The Morgan fingerprint density at radius 3 is 2.64 bits per heavy atom. The molecule has 2 aromatic rings. The first-order chi connectivity index (χ1) is 13.2. The van der Waals surface area contributed by atoms with Crippen molar-refractivity contribution in [2.45, 2.75) is 31.9 Å². The van der Waals surface area contributed by atoms with E-state index in [2.05, 4.69) is 4.98 Å². The van der Waals surface area contributed by atoms with Crippen LogP contribution in [0.4, 0.5) is 18.0 Å². The number of halogens is 3. The van der Waals surface area contributed by atoms with E-state index in [4.69, 9.17) is 4.74 Å². The molecule has 1 aliphatic carbocycles. The van der Waals surface area contributed by atoms with Gasteiger partial charge in [0.15, 0.2) is 6.61 Å². The molecule has 10 heteroatoms. The van der Waals surface area contributed by atoms with Gasteiger partial charge < -0.3 is 15.0 Å². The van der Waals surface area contributed by atoms with Gasteiger partial charge in [0.25, 0.3) is 5.91 Å². The molecule has 1 aliphatic rings. The summed E-state index contributed by atoms with van der Waals surface area (Å²) in [6, 6.07) is 3.68. The van der Waals surface area contributed by atoms with Crippen molar-refractivity contribution in [2.24, 2.45) is 0 Å². The molecule has 0 saturated heterocycles. The van der Waals surface area contributed by atoms with E-state index in [0.717, 1.165) is 42.3 Å². The van der Waals surface area contributed by atoms with Gasteiger partial charge in [0.2, 0.25) is 0 Å². The highest BCUT2D eigenvalue weighted by Crippen LogP contribution is 2.29. The van der Waals surface area contributed by atoms with Crippen LogP contribution < -0.4 is 10.6 Å². The van der Waals surface area contributed by atoms with Crippen molar-refractivity contribution >= 4 is 28.8 Å². The molecule has 0 spiro atoms. The van der Waals surface area contributed by atoms with Gasteiger partial charge in [-0.1, -0.05) is 0 Å². The summed E-state index contributed by atoms with van der Waals surface area (Å²) in [7, 11) is 0. The fourth-order valence-electron chi connectivity index (χ4n) is 3.13. The molecule has 1 aromatic heterocycles. The first kappa shape index (κ1) is 19.7. The predicted molar refractivity (Wildman–Crippen MR) is 92.8 cm³/mol. The quantitative estimate of drug-likeness (QED) is 0.691. The van der Waals surface area contributed by atoms with Crippen LogP contribution in [0.1, 0.15) is 34.5 Å². The summed E-state index contributed by atoms with van der Waals surface area (Å²) >= 11 is 0. The summed E-state index contributed by atoms with van der Waals surface area (Å²) in [5.41, 5.74) is 3.50. The molecule has 7 nitrogen and oxygen atoms in total. The molecule has 0 radical (unpaired) electrons. The lowest BCUT2D eigenvalue weighted by Gasteiger charge is -2.10. The average Bonchev–Trinajstić information content (AvgIpc) is 3.02. The first-order valence-electron chi connectivity index (χ1n) is 8.68. The molecule has 0 unspecified atom stereocenters. The Morgan fingerprint density at radius 2 is 1.89 bits per heavy atom. The van der Waals surface area contributed by atoms with Gasteiger partial charge >= 0.3 is 18.2 Å². The number of ether oxygens (including phenoxy) is 1. The lowest BCUT2D eigenvalue weighted by molar-refractivity contribution is -0.125. The third kappa shape index (κ3) is 4.81. The molecule has 28 heavy (non-hydrogen) atoms. The van der Waals surface area contributed by atoms with E-state index in [1.807, 2.05) is 0 Å². The Morgan fingerprint density at radius 1 is 1.14 bits per heavy atom. The van der Waals surface area contributed by atoms with Crippen molar-refractivity contribution in [3.05, 3.63) is 35.0 Å². The van der Waals surface area contributed by atoms with Crippen molar-refractivity contribution in [1.29, 1.82) is 0 Å². The number of rotatable bonds is 4. The molecular weight excluding hydrogens is 379 g/mol. The second kappa shape index (κ2) is 7.91. The van der Waals surface area contributed by atoms with Crippen molar-refractivity contribution < 1.29 is 32.3 Å². The minimum Gasteiger partial charge on any atom is -0.452 e. The summed E-state index contributed by atoms with van der Waals surface area (Å²) in [4.78, 5) is 38.2. The summed E-state index contributed by atoms with van der Waals surface area (Å²) in [5, 5.41) is 4.06. The van der Waals surface area contributed by atoms with Crippen LogP contribution in [-0.4, -0.2) is 42.2 Å². The number of fused-ring (bicyclic) bond motifs is 3. The number of amides is 3. The SMILES string of the molecule is O=C(COC(=O)c1ccc2[nH]c3c(c2c1)CCCC3)NC(=O)NCC(F)(F)F. The van der Waals surface area contributed by atoms with E-state index in [-0.39, 0.29) is 5.56 Å². The first-order valence-corrected chi connectivity index (χ1v) is 8.68. The minimum absolute atomic E-state index is 0.245. The lowest BCUT2D eigenvalue weighted by atomic mass is 9.95. The number of aromatic nitrogens is 1. The maximum absolute atomic E-state index is 12.2. The molecule has 3 N–H and O–H groups in total. The molecule has 150 valence electrons. The highest BCUT2D eigenvalue weighted by atomic mass is 19.4. The number of imide groups is 1. The van der Waals surface area contributed by atoms with Crippen LogP contribution >= 0.6 is 0 Å². The van der Waals surface area contributed by atoms with Crippen LogP contribution in [0, 0.1) is 0 Å². The number of carbonyl (C=O) groups excluding carboxylic acids is 3. The highest BCUT2D eigenvalue weighted by molar-refractivity contribution is 5.99. The molecule has 1 aromatic carbocycles. The van der Waals surface area contributed by atoms with E-state index in [1.54, 1.807) is 23.5 Å². The maximum atomic E-state index is 12.2. The molecule has 3 amide bonds. The topological polar surface area (TPSA) is 100 Å². The van der Waals surface area contributed by atoms with Gasteiger partial charge in [-0.05, 0) is 49.4 Å². The zero-order chi connectivity index (χ0) is 20.3. The van der Waals surface area contributed by atoms with Gasteiger partial charge in [0, 0.05) is 16.6 Å². The van der Waals surface area contributed by atoms with Crippen LogP contribution in [0.25, 0.3) is 10.9 Å². The van der Waals surface area contributed by atoms with Crippen molar-refractivity contribution in [2.75, 3.05) is 13.2 Å². The van der Waals surface area contributed by atoms with Crippen LogP contribution in [-0.2, 0) is 22.4 Å². The molecule has 3 rings (SSSR count). The third-order valence-electron chi connectivity index (χ3n) is 4.37. The number of alkyl halides is 3. The number of H-pyrrole nitrogens is 1. The zero-order valence-electron chi connectivity index (χ0n) is 14.7. The Kier molecular flexibility index (Phi) is 5.57. The number of nitrogens with one attached hydrogen (secondary N) is 3. The molecule has 1 heterocycles. The molecule has 0 atom stereocenters. The number of esters is 1. The molecule has 0 fully saturated rings. The Hall–Kier alpha value is -3.04. The Bertz CT molecular complexity index is 921. The molecule has 0 aliphatic heterocycles. The predicted octanol–water partition coefficient (Wildman–Crippen LogP) is 2.59. The largest absolute Gasteiger partial charge is 0.452 e. The second-order valence-electron chi connectivity index (χ2n) is 6.47. The zero-order valence-corrected chi connectivity index (χ0v) is 14.7. The van der Waals surface area contributed by atoms with Crippen LogP contribution in [0.3, 0.4) is 0 Å². The van der Waals surface area contributed by atoms with Gasteiger partial charge in [-0.3, -0.25) is 10.1 Å². The van der Waals surface area contributed by atoms with Gasteiger partial charge in [-0.25, -0.2) is 9.59 Å². The van der Waals surface area contributed by atoms with Crippen LogP contribution in [0.5, 0.6) is 0 Å². The van der Waals surface area contributed by atoms with Crippen molar-refractivity contribution in [3.63, 3.8) is 0 Å². The summed E-state index contributed by atoms with van der Waals surface area (Å²) in [6.45, 7) is -2.37. The fourth-order valence-corrected chi connectivity index (χ4v) is 3.13. The molecule has 0 bridgehead atoms. The van der Waals surface area contributed by atoms with Crippen LogP contribution in [0.2, 0.25) is 0 Å². The number of aryl methyl sites for hydroxylation is 2. The smallest absolute Gasteiger partial charge is 0.405 e. The average molecular weight is 397 g/mol. The number of hydrogen-bond donors (Lipinski definition) is 3. The van der Waals surface area contributed by atoms with Gasteiger partial charge in [-0.2, -0.15) is 13.2 Å². The number of benzene rings is 1. The second-order valence-corrected chi connectivity index (χ2v) is 6.47. The Labute approximate surface area is 157 Å². The van der Waals surface area contributed by atoms with Gasteiger partial charge in [0.1, 0.15) is 6.54 Å². The number of carbonyl (C=O) groups is 3. The van der Waals surface area contributed by atoms with E-state index < -0.39 is 37.2 Å². The summed E-state index contributed by atoms with van der Waals surface area (Å²) < 4.78 is 40.8. The van der Waals surface area contributed by atoms with E-state index in [1.165, 1.54) is 10.9 Å². The molecule has 0 saturated carbocycles. The highest BCUT2D eigenvalue weighted by Gasteiger charge is 2.28. The number of urea groups is 1. The van der Waals surface area contributed by atoms with Crippen molar-refractivity contribution in [1.82, 2.24) is 15.6 Å². The standard InChI is InChI=1S/C18H18F3N3O4/c19-18(20,21)9-22-17(27)24-15(25)8-28-16(26)10-5-6-14-12(7-10)11-3-1-2-4-13(11)23-14/h5-7,23H,1-4,8-9H2,(H2,22,24,25,27). The van der Waals surface area contributed by atoms with Gasteiger partial charge in [-0.15, -0.1) is 0 Å². The van der Waals surface area contributed by atoms with E-state index in [9.17, 15) is 27.6 Å². The maximum Gasteiger partial charge on any atom is 0.405 e. The third-order valence-corrected chi connectivity index (χ3v) is 4.37. The fraction of sp³-hybridized carbons (Fsp3) is 0.389. The number of hydrogen-bond acceptors (Lipinski definition) is 4. The normalized spacial score (nSPS) is 13.7. The Balaban J connectivity index is 1.56. The number of aromatic amines is 1. The summed E-state index contributed by atoms with van der Waals surface area (Å²) in [5.74, 6) is -1.80. The van der Waals surface area contributed by atoms with E-state index >= 15 is 0 Å².